The zero-order chi connectivity index (χ0) is 8.97. The van der Waals surface area contributed by atoms with Gasteiger partial charge in [-0.05, 0) is 11.6 Å². The summed E-state index contributed by atoms with van der Waals surface area (Å²) in [5.41, 5.74) is 0. The summed E-state index contributed by atoms with van der Waals surface area (Å²) >= 11 is 0. The second kappa shape index (κ2) is 3.80. The molecule has 6 heteroatoms. The zero-order valence-electron chi connectivity index (χ0n) is 7.02. The van der Waals surface area contributed by atoms with E-state index in [0.29, 0.717) is 6.54 Å². The number of ether oxygens (including phenoxy) is 1. The van der Waals surface area contributed by atoms with Crippen molar-refractivity contribution in [1.29, 1.82) is 0 Å². The number of aryl methyl sites for hydroxylation is 1. The van der Waals surface area contributed by atoms with Crippen LogP contribution in [0.3, 0.4) is 0 Å². The van der Waals surface area contributed by atoms with E-state index >= 15 is 0 Å². The molecule has 1 aromatic heterocycles. The minimum Gasteiger partial charge on any atom is -0.389 e. The second-order valence-electron chi connectivity index (χ2n) is 2.26. The summed E-state index contributed by atoms with van der Waals surface area (Å²) in [7, 11) is 0. The third-order valence-electron chi connectivity index (χ3n) is 1.09. The van der Waals surface area contributed by atoms with Crippen molar-refractivity contribution in [2.24, 2.45) is 0 Å². The third kappa shape index (κ3) is 2.30. The predicted molar refractivity (Wildman–Crippen MR) is 39.4 cm³/mol. The van der Waals surface area contributed by atoms with E-state index in [9.17, 15) is 4.79 Å². The molecule has 1 aromatic rings. The molecule has 0 amide bonds. The molecular weight excluding hydrogens is 160 g/mol. The van der Waals surface area contributed by atoms with Gasteiger partial charge in [0.2, 0.25) is 0 Å². The Hall–Kier alpha value is -1.46. The first-order chi connectivity index (χ1) is 5.72. The van der Waals surface area contributed by atoms with Crippen LogP contribution in [0.15, 0.2) is 0 Å². The van der Waals surface area contributed by atoms with Crippen LogP contribution in [0.25, 0.3) is 0 Å². The first kappa shape index (κ1) is 8.63. The van der Waals surface area contributed by atoms with Crippen molar-refractivity contribution in [1.82, 2.24) is 20.2 Å². The highest BCUT2D eigenvalue weighted by Crippen LogP contribution is 1.97. The molecule has 0 N–H and O–H groups in total. The fourth-order valence-corrected chi connectivity index (χ4v) is 0.693. The highest BCUT2D eigenvalue weighted by Gasteiger charge is 2.04. The van der Waals surface area contributed by atoms with Gasteiger partial charge in [-0.2, -0.15) is 4.80 Å². The number of aromatic nitrogens is 4. The number of esters is 1. The van der Waals surface area contributed by atoms with E-state index < -0.39 is 5.97 Å². The Bertz CT molecular complexity index is 270. The van der Waals surface area contributed by atoms with Gasteiger partial charge in [0, 0.05) is 6.92 Å². The van der Waals surface area contributed by atoms with Crippen LogP contribution in [0, 0.1) is 0 Å². The topological polar surface area (TPSA) is 69.9 Å². The second-order valence-corrected chi connectivity index (χ2v) is 2.26. The Morgan fingerprint density at radius 3 is 3.00 bits per heavy atom. The Morgan fingerprint density at radius 1 is 1.67 bits per heavy atom. The Balaban J connectivity index is 2.58. The quantitative estimate of drug-likeness (QED) is 0.597. The lowest BCUT2D eigenvalue weighted by Gasteiger charge is -1.91. The van der Waals surface area contributed by atoms with Crippen LogP contribution in [-0.4, -0.2) is 26.2 Å². The predicted octanol–water partition coefficient (Wildman–Crippen LogP) is 0.00840. The molecule has 0 aromatic carbocycles. The summed E-state index contributed by atoms with van der Waals surface area (Å²) < 4.78 is 4.60. The first-order valence-electron chi connectivity index (χ1n) is 3.68. The number of carbonyl (C=O) groups excluding carboxylic acids is 1. The van der Waals surface area contributed by atoms with Crippen LogP contribution in [0.5, 0.6) is 6.01 Å². The first-order valence-corrected chi connectivity index (χ1v) is 3.68. The van der Waals surface area contributed by atoms with E-state index in [1.54, 1.807) is 0 Å². The minimum absolute atomic E-state index is 0.0101. The van der Waals surface area contributed by atoms with Crippen molar-refractivity contribution < 1.29 is 9.53 Å². The fourth-order valence-electron chi connectivity index (χ4n) is 0.693. The number of tetrazole rings is 1. The van der Waals surface area contributed by atoms with Gasteiger partial charge in [-0.1, -0.05) is 17.1 Å². The average Bonchev–Trinajstić information content (AvgIpc) is 2.36. The van der Waals surface area contributed by atoms with Crippen LogP contribution < -0.4 is 4.74 Å². The lowest BCUT2D eigenvalue weighted by atomic mass is 10.5. The third-order valence-corrected chi connectivity index (χ3v) is 1.09. The van der Waals surface area contributed by atoms with Gasteiger partial charge in [-0.25, -0.2) is 0 Å². The van der Waals surface area contributed by atoms with Crippen molar-refractivity contribution in [3.8, 4) is 6.01 Å². The Labute approximate surface area is 69.5 Å². The van der Waals surface area contributed by atoms with Crippen LogP contribution in [-0.2, 0) is 11.3 Å². The number of rotatable bonds is 3. The van der Waals surface area contributed by atoms with Gasteiger partial charge in [0.15, 0.2) is 0 Å². The van der Waals surface area contributed by atoms with E-state index in [1.165, 1.54) is 11.7 Å². The van der Waals surface area contributed by atoms with Gasteiger partial charge in [-0.3, -0.25) is 4.79 Å². The van der Waals surface area contributed by atoms with Crippen LogP contribution in [0.4, 0.5) is 0 Å². The van der Waals surface area contributed by atoms with Gasteiger partial charge in [-0.15, -0.1) is 0 Å². The fraction of sp³-hybridized carbons (Fsp3) is 0.667. The molecule has 0 unspecified atom stereocenters. The van der Waals surface area contributed by atoms with E-state index in [0.717, 1.165) is 6.42 Å². The van der Waals surface area contributed by atoms with Crippen LogP contribution >= 0.6 is 0 Å². The van der Waals surface area contributed by atoms with E-state index in [2.05, 4.69) is 20.1 Å². The average molecular weight is 170 g/mol. The summed E-state index contributed by atoms with van der Waals surface area (Å²) in [5, 5.41) is 11.0. The molecule has 0 fully saturated rings. The van der Waals surface area contributed by atoms with Crippen LogP contribution in [0.2, 0.25) is 0 Å². The molecule has 0 bridgehead atoms. The monoisotopic (exact) mass is 170 g/mol. The van der Waals surface area contributed by atoms with Crippen molar-refractivity contribution in [2.75, 3.05) is 0 Å². The van der Waals surface area contributed by atoms with Crippen molar-refractivity contribution in [2.45, 2.75) is 26.8 Å². The highest BCUT2D eigenvalue weighted by atomic mass is 16.6. The maximum atomic E-state index is 10.4. The number of hydrogen-bond acceptors (Lipinski definition) is 5. The van der Waals surface area contributed by atoms with Gasteiger partial charge in [0.25, 0.3) is 0 Å². The summed E-state index contributed by atoms with van der Waals surface area (Å²) in [6.45, 7) is 3.96. The molecule has 0 atom stereocenters. The van der Waals surface area contributed by atoms with E-state index in [-0.39, 0.29) is 6.01 Å². The largest absolute Gasteiger partial charge is 0.389 e. The molecule has 12 heavy (non-hydrogen) atoms. The molecule has 0 aliphatic carbocycles. The Kier molecular flexibility index (Phi) is 2.73. The smallest absolute Gasteiger partial charge is 0.363 e. The standard InChI is InChI=1S/C6H10N4O2/c1-3-4-10-8-6(7-9-10)12-5(2)11/h3-4H2,1-2H3. The molecule has 0 saturated carbocycles. The lowest BCUT2D eigenvalue weighted by Crippen LogP contribution is -2.04. The van der Waals surface area contributed by atoms with Gasteiger partial charge in [0.05, 0.1) is 6.54 Å². The minimum atomic E-state index is -0.439. The number of nitrogens with zero attached hydrogens (tertiary/aromatic N) is 4. The molecule has 66 valence electrons. The zero-order valence-corrected chi connectivity index (χ0v) is 7.02. The molecule has 1 heterocycles. The summed E-state index contributed by atoms with van der Waals surface area (Å²) in [4.78, 5) is 11.8. The van der Waals surface area contributed by atoms with Gasteiger partial charge in [0.1, 0.15) is 0 Å². The summed E-state index contributed by atoms with van der Waals surface area (Å²) in [6, 6.07) is 0.0101. The normalized spacial score (nSPS) is 9.83. The van der Waals surface area contributed by atoms with E-state index in [4.69, 9.17) is 0 Å². The van der Waals surface area contributed by atoms with Gasteiger partial charge < -0.3 is 4.74 Å². The number of carbonyl (C=O) groups is 1. The Morgan fingerprint density at radius 2 is 2.42 bits per heavy atom. The molecular formula is C6H10N4O2. The lowest BCUT2D eigenvalue weighted by molar-refractivity contribution is -0.132. The maximum absolute atomic E-state index is 10.4. The molecule has 0 aliphatic rings. The van der Waals surface area contributed by atoms with Gasteiger partial charge >= 0.3 is 12.0 Å². The van der Waals surface area contributed by atoms with E-state index in [1.807, 2.05) is 6.92 Å². The summed E-state index contributed by atoms with van der Waals surface area (Å²) in [6.07, 6.45) is 0.913. The van der Waals surface area contributed by atoms with Crippen LogP contribution in [0.1, 0.15) is 20.3 Å². The summed E-state index contributed by atoms with van der Waals surface area (Å²) in [5.74, 6) is -0.439. The number of hydrogen-bond donors (Lipinski definition) is 0. The highest BCUT2D eigenvalue weighted by molar-refractivity contribution is 5.68. The maximum Gasteiger partial charge on any atom is 0.363 e. The molecule has 6 nitrogen and oxygen atoms in total. The molecule has 0 saturated heterocycles. The van der Waals surface area contributed by atoms with Crippen molar-refractivity contribution in [3.05, 3.63) is 0 Å². The molecule has 1 rings (SSSR count). The SMILES string of the molecule is CCCn1nnc(OC(C)=O)n1. The van der Waals surface area contributed by atoms with Crippen molar-refractivity contribution >= 4 is 5.97 Å². The molecule has 0 radical (unpaired) electrons. The molecule has 0 spiro atoms. The van der Waals surface area contributed by atoms with Crippen molar-refractivity contribution in [3.63, 3.8) is 0 Å². The molecule has 0 aliphatic heterocycles.